The second-order valence-corrected chi connectivity index (χ2v) is 5.08. The molecule has 3 rings (SSSR count). The summed E-state index contributed by atoms with van der Waals surface area (Å²) in [5, 5.41) is 0.511. The summed E-state index contributed by atoms with van der Waals surface area (Å²) in [6.45, 7) is -0.614. The highest BCUT2D eigenvalue weighted by Gasteiger charge is 2.34. The number of halogens is 4. The van der Waals surface area contributed by atoms with Crippen molar-refractivity contribution < 1.29 is 8.78 Å². The van der Waals surface area contributed by atoms with E-state index in [0.29, 0.717) is 5.39 Å². The molecule has 0 spiro atoms. The summed E-state index contributed by atoms with van der Waals surface area (Å²) in [7, 11) is 0. The second-order valence-electron chi connectivity index (χ2n) is 4.38. The Morgan fingerprint density at radius 2 is 1.95 bits per heavy atom. The summed E-state index contributed by atoms with van der Waals surface area (Å²) in [4.78, 5) is 11.4. The van der Waals surface area contributed by atoms with Gasteiger partial charge in [-0.15, -0.1) is 0 Å². The number of pyridine rings is 1. The number of hydrogen-bond acceptors (Lipinski definition) is 3. The highest BCUT2D eigenvalue weighted by molar-refractivity contribution is 6.35. The van der Waals surface area contributed by atoms with Crippen molar-refractivity contribution >= 4 is 34.2 Å². The molecule has 0 amide bonds. The summed E-state index contributed by atoms with van der Waals surface area (Å²) >= 11 is 11.6. The van der Waals surface area contributed by atoms with Gasteiger partial charge in [0.2, 0.25) is 5.28 Å². The summed E-state index contributed by atoms with van der Waals surface area (Å²) in [5.41, 5.74) is -0.0475. The monoisotopic (exact) mass is 328 g/mol. The number of fused-ring (bicyclic) bond motifs is 1. The molecule has 0 unspecified atom stereocenters. The lowest BCUT2D eigenvalue weighted by atomic mass is 10.2. The quantitative estimate of drug-likeness (QED) is 0.540. The molecule has 0 aliphatic heterocycles. The maximum absolute atomic E-state index is 14.3. The average Bonchev–Trinajstić information content (AvgIpc) is 2.82. The Labute approximate surface area is 128 Å². The van der Waals surface area contributed by atoms with Crippen LogP contribution in [-0.4, -0.2) is 19.5 Å². The number of aromatic nitrogens is 4. The van der Waals surface area contributed by atoms with E-state index >= 15 is 0 Å². The van der Waals surface area contributed by atoms with Gasteiger partial charge in [0.1, 0.15) is 16.5 Å². The van der Waals surface area contributed by atoms with Crippen molar-refractivity contribution in [1.82, 2.24) is 19.5 Å². The van der Waals surface area contributed by atoms with Crippen molar-refractivity contribution in [2.24, 2.45) is 0 Å². The predicted molar refractivity (Wildman–Crippen MR) is 75.7 cm³/mol. The first-order valence-electron chi connectivity index (χ1n) is 5.94. The van der Waals surface area contributed by atoms with Crippen LogP contribution in [0, 0.1) is 0 Å². The number of rotatable bonds is 3. The first kappa shape index (κ1) is 14.2. The molecule has 0 bridgehead atoms. The number of alkyl halides is 2. The highest BCUT2D eigenvalue weighted by Crippen LogP contribution is 2.31. The van der Waals surface area contributed by atoms with Gasteiger partial charge >= 0.3 is 5.92 Å². The van der Waals surface area contributed by atoms with Crippen molar-refractivity contribution in [2.45, 2.75) is 12.5 Å². The van der Waals surface area contributed by atoms with Crippen molar-refractivity contribution in [3.8, 4) is 0 Å². The largest absolute Gasteiger partial charge is 0.326 e. The summed E-state index contributed by atoms with van der Waals surface area (Å²) in [5.74, 6) is -3.14. The zero-order valence-corrected chi connectivity index (χ0v) is 12.0. The molecule has 4 nitrogen and oxygen atoms in total. The molecule has 0 saturated heterocycles. The van der Waals surface area contributed by atoms with Crippen molar-refractivity contribution in [1.29, 1.82) is 0 Å². The Morgan fingerprint density at radius 3 is 2.67 bits per heavy atom. The minimum atomic E-state index is -3.14. The van der Waals surface area contributed by atoms with Crippen LogP contribution >= 0.6 is 23.2 Å². The van der Waals surface area contributed by atoms with Crippen LogP contribution in [0.1, 0.15) is 5.69 Å². The lowest BCUT2D eigenvalue weighted by molar-refractivity contribution is -0.0255. The van der Waals surface area contributed by atoms with Crippen LogP contribution < -0.4 is 0 Å². The van der Waals surface area contributed by atoms with Crippen LogP contribution in [0.25, 0.3) is 11.0 Å². The molecule has 0 aliphatic carbocycles. The third kappa shape index (κ3) is 2.69. The smallest absolute Gasteiger partial charge is 0.307 e. The molecule has 108 valence electrons. The van der Waals surface area contributed by atoms with E-state index in [-0.39, 0.29) is 21.8 Å². The van der Waals surface area contributed by atoms with Gasteiger partial charge in [-0.1, -0.05) is 17.7 Å². The molecule has 0 fully saturated rings. The van der Waals surface area contributed by atoms with Crippen molar-refractivity contribution in [2.75, 3.05) is 0 Å². The van der Waals surface area contributed by atoms with E-state index in [1.807, 2.05) is 0 Å². The molecule has 3 heterocycles. The van der Waals surface area contributed by atoms with Crippen LogP contribution in [0.4, 0.5) is 8.78 Å². The predicted octanol–water partition coefficient (Wildman–Crippen LogP) is 3.93. The topological polar surface area (TPSA) is 43.6 Å². The fourth-order valence-corrected chi connectivity index (χ4v) is 2.44. The molecule has 3 aromatic heterocycles. The summed E-state index contributed by atoms with van der Waals surface area (Å²) in [6.07, 6.45) is 2.80. The fourth-order valence-electron chi connectivity index (χ4n) is 2.01. The van der Waals surface area contributed by atoms with Gasteiger partial charge < -0.3 is 4.57 Å². The van der Waals surface area contributed by atoms with Gasteiger partial charge in [0.15, 0.2) is 0 Å². The zero-order chi connectivity index (χ0) is 15.0. The maximum atomic E-state index is 14.3. The van der Waals surface area contributed by atoms with Gasteiger partial charge in [0, 0.05) is 12.4 Å². The van der Waals surface area contributed by atoms with E-state index in [4.69, 9.17) is 23.2 Å². The Balaban J connectivity index is 2.02. The van der Waals surface area contributed by atoms with E-state index in [1.54, 1.807) is 12.1 Å². The van der Waals surface area contributed by atoms with Gasteiger partial charge in [-0.25, -0.2) is 4.98 Å². The van der Waals surface area contributed by atoms with Crippen LogP contribution in [0.15, 0.2) is 36.7 Å². The molecule has 3 aromatic rings. The molecule has 21 heavy (non-hydrogen) atoms. The van der Waals surface area contributed by atoms with Crippen LogP contribution in [-0.2, 0) is 12.5 Å². The fraction of sp³-hybridized carbons (Fsp3) is 0.154. The van der Waals surface area contributed by atoms with Gasteiger partial charge in [-0.3, -0.25) is 4.98 Å². The molecule has 0 aromatic carbocycles. The van der Waals surface area contributed by atoms with Crippen LogP contribution in [0.3, 0.4) is 0 Å². The molecule has 8 heteroatoms. The van der Waals surface area contributed by atoms with Crippen LogP contribution in [0.5, 0.6) is 0 Å². The number of nitrogens with zero attached hydrogens (tertiary/aromatic N) is 4. The third-order valence-corrected chi connectivity index (χ3v) is 3.41. The van der Waals surface area contributed by atoms with E-state index < -0.39 is 12.5 Å². The first-order valence-corrected chi connectivity index (χ1v) is 6.70. The molecular formula is C13H8Cl2F2N4. The molecule has 0 N–H and O–H groups in total. The molecule has 0 atom stereocenters. The minimum Gasteiger partial charge on any atom is -0.326 e. The van der Waals surface area contributed by atoms with E-state index in [1.165, 1.54) is 29.1 Å². The lowest BCUT2D eigenvalue weighted by Gasteiger charge is -2.16. The van der Waals surface area contributed by atoms with Gasteiger partial charge in [0.25, 0.3) is 0 Å². The Hall–Kier alpha value is -1.79. The van der Waals surface area contributed by atoms with Crippen LogP contribution in [0.2, 0.25) is 10.4 Å². The first-order chi connectivity index (χ1) is 9.97. The second kappa shape index (κ2) is 5.20. The lowest BCUT2D eigenvalue weighted by Crippen LogP contribution is -2.22. The Bertz CT molecular complexity index is 789. The minimum absolute atomic E-state index is 0.0893. The van der Waals surface area contributed by atoms with Crippen molar-refractivity contribution in [3.05, 3.63) is 52.8 Å². The summed E-state index contributed by atoms with van der Waals surface area (Å²) < 4.78 is 29.8. The van der Waals surface area contributed by atoms with Crippen molar-refractivity contribution in [3.63, 3.8) is 0 Å². The third-order valence-electron chi connectivity index (χ3n) is 2.95. The molecule has 0 saturated carbocycles. The van der Waals surface area contributed by atoms with Gasteiger partial charge in [-0.2, -0.15) is 13.8 Å². The zero-order valence-electron chi connectivity index (χ0n) is 10.5. The average molecular weight is 329 g/mol. The normalized spacial score (nSPS) is 12.0. The maximum Gasteiger partial charge on any atom is 0.307 e. The summed E-state index contributed by atoms with van der Waals surface area (Å²) in [6, 6.07) is 5.94. The molecule has 0 aliphatic rings. The molecular weight excluding hydrogens is 321 g/mol. The Morgan fingerprint density at radius 1 is 1.14 bits per heavy atom. The standard InChI is InChI=1S/C13H8Cl2F2N4/c14-10-8-4-6-21(11(8)20-12(15)19-10)7-13(16,17)9-3-1-2-5-18-9/h1-6H,7H2. The van der Waals surface area contributed by atoms with Gasteiger partial charge in [0.05, 0.1) is 11.9 Å². The molecule has 0 radical (unpaired) electrons. The van der Waals surface area contributed by atoms with E-state index in [9.17, 15) is 8.78 Å². The van der Waals surface area contributed by atoms with E-state index in [0.717, 1.165) is 0 Å². The SMILES string of the molecule is FC(F)(Cn1ccc2c(Cl)nc(Cl)nc21)c1ccccn1. The van der Waals surface area contributed by atoms with Gasteiger partial charge in [-0.05, 0) is 29.8 Å². The number of hydrogen-bond donors (Lipinski definition) is 0. The van der Waals surface area contributed by atoms with E-state index in [2.05, 4.69) is 15.0 Å². The Kier molecular flexibility index (Phi) is 3.51. The highest BCUT2D eigenvalue weighted by atomic mass is 35.5.